The summed E-state index contributed by atoms with van der Waals surface area (Å²) < 4.78 is 0. The number of hydrogen-bond acceptors (Lipinski definition) is 3. The third-order valence-electron chi connectivity index (χ3n) is 2.77. The van der Waals surface area contributed by atoms with E-state index in [2.05, 4.69) is 16.7 Å². The number of benzene rings is 1. The summed E-state index contributed by atoms with van der Waals surface area (Å²) in [7, 11) is 0. The van der Waals surface area contributed by atoms with Gasteiger partial charge in [0.1, 0.15) is 0 Å². The van der Waals surface area contributed by atoms with Crippen molar-refractivity contribution in [1.82, 2.24) is 0 Å². The maximum atomic E-state index is 11.2. The molecule has 1 amide bonds. The van der Waals surface area contributed by atoms with E-state index in [1.807, 2.05) is 32.0 Å². The van der Waals surface area contributed by atoms with Crippen molar-refractivity contribution >= 4 is 17.3 Å². The van der Waals surface area contributed by atoms with Crippen molar-refractivity contribution in [2.75, 3.05) is 17.2 Å². The van der Waals surface area contributed by atoms with E-state index in [4.69, 9.17) is 5.26 Å². The Morgan fingerprint density at radius 2 is 2.29 bits per heavy atom. The molecule has 4 heteroatoms. The number of nitrogens with zero attached hydrogens (tertiary/aromatic N) is 1. The Bertz CT molecular complexity index is 500. The quantitative estimate of drug-likeness (QED) is 0.834. The van der Waals surface area contributed by atoms with Gasteiger partial charge in [-0.2, -0.15) is 5.26 Å². The van der Waals surface area contributed by atoms with E-state index >= 15 is 0 Å². The number of hydrogen-bond donors (Lipinski definition) is 2. The molecule has 1 aromatic carbocycles. The van der Waals surface area contributed by atoms with Crippen LogP contribution in [0.3, 0.4) is 0 Å². The summed E-state index contributed by atoms with van der Waals surface area (Å²) in [5.41, 5.74) is 2.45. The molecule has 88 valence electrons. The molecule has 0 spiro atoms. The summed E-state index contributed by atoms with van der Waals surface area (Å²) in [5.74, 6) is 0.0366. The van der Waals surface area contributed by atoms with Crippen molar-refractivity contribution in [2.24, 2.45) is 5.41 Å². The molecule has 0 unspecified atom stereocenters. The highest BCUT2D eigenvalue weighted by atomic mass is 16.1. The van der Waals surface area contributed by atoms with Crippen LogP contribution in [0.1, 0.15) is 19.4 Å². The number of fused-ring (bicyclic) bond motifs is 1. The fourth-order valence-electron chi connectivity index (χ4n) is 1.70. The zero-order valence-corrected chi connectivity index (χ0v) is 10.0. The minimum Gasteiger partial charge on any atom is -0.383 e. The highest BCUT2D eigenvalue weighted by Crippen LogP contribution is 2.26. The van der Waals surface area contributed by atoms with Gasteiger partial charge in [0.05, 0.1) is 17.9 Å². The molecule has 1 aliphatic heterocycles. The van der Waals surface area contributed by atoms with Crippen LogP contribution in [-0.4, -0.2) is 12.5 Å². The Hall–Kier alpha value is -2.02. The molecule has 0 fully saturated rings. The van der Waals surface area contributed by atoms with Crippen LogP contribution in [0.25, 0.3) is 0 Å². The minimum absolute atomic E-state index is 0.0366. The molecule has 17 heavy (non-hydrogen) atoms. The van der Waals surface area contributed by atoms with Gasteiger partial charge in [0.25, 0.3) is 0 Å². The summed E-state index contributed by atoms with van der Waals surface area (Å²) in [6, 6.07) is 8.01. The van der Waals surface area contributed by atoms with Crippen LogP contribution in [0.5, 0.6) is 0 Å². The van der Waals surface area contributed by atoms with Gasteiger partial charge in [-0.05, 0) is 37.6 Å². The van der Waals surface area contributed by atoms with Gasteiger partial charge >= 0.3 is 0 Å². The van der Waals surface area contributed by atoms with E-state index in [-0.39, 0.29) is 5.91 Å². The normalized spacial score (nSPS) is 13.8. The van der Waals surface area contributed by atoms with Crippen LogP contribution in [0.2, 0.25) is 0 Å². The summed E-state index contributed by atoms with van der Waals surface area (Å²) in [6.45, 7) is 4.36. The summed E-state index contributed by atoms with van der Waals surface area (Å²) >= 11 is 0. The predicted octanol–water partition coefficient (Wildman–Crippen LogP) is 2.14. The van der Waals surface area contributed by atoms with E-state index in [9.17, 15) is 4.79 Å². The fraction of sp³-hybridized carbons (Fsp3) is 0.385. The van der Waals surface area contributed by atoms with E-state index in [1.54, 1.807) is 0 Å². The Morgan fingerprint density at radius 3 is 3.00 bits per heavy atom. The number of anilines is 2. The van der Waals surface area contributed by atoms with Crippen LogP contribution >= 0.6 is 0 Å². The van der Waals surface area contributed by atoms with Crippen molar-refractivity contribution in [3.05, 3.63) is 23.8 Å². The van der Waals surface area contributed by atoms with Crippen molar-refractivity contribution in [1.29, 1.82) is 5.26 Å². The largest absolute Gasteiger partial charge is 0.383 e. The Balaban J connectivity index is 2.07. The molecule has 4 nitrogen and oxygen atoms in total. The first kappa shape index (κ1) is 11.5. The first-order valence-corrected chi connectivity index (χ1v) is 5.58. The van der Waals surface area contributed by atoms with Crippen LogP contribution < -0.4 is 10.6 Å². The lowest BCUT2D eigenvalue weighted by Gasteiger charge is -2.17. The molecule has 1 aliphatic rings. The monoisotopic (exact) mass is 229 g/mol. The van der Waals surface area contributed by atoms with Crippen molar-refractivity contribution in [2.45, 2.75) is 20.3 Å². The molecule has 0 saturated carbocycles. The van der Waals surface area contributed by atoms with E-state index in [0.717, 1.165) is 16.9 Å². The number of carbonyl (C=O) groups is 1. The molecule has 0 atom stereocenters. The van der Waals surface area contributed by atoms with Gasteiger partial charge in [0.15, 0.2) is 0 Å². The lowest BCUT2D eigenvalue weighted by atomic mass is 9.96. The summed E-state index contributed by atoms with van der Waals surface area (Å²) in [6.07, 6.45) is 0.437. The highest BCUT2D eigenvalue weighted by molar-refractivity contribution is 5.99. The standard InChI is InChI=1S/C13H15N3O/c1-13(2,7-14)8-15-10-3-4-11-9(5-10)6-12(17)16-11/h3-5,15H,6,8H2,1-2H3,(H,16,17). The second-order valence-corrected chi connectivity index (χ2v) is 4.95. The zero-order valence-electron chi connectivity index (χ0n) is 10.0. The van der Waals surface area contributed by atoms with Crippen molar-refractivity contribution in [3.63, 3.8) is 0 Å². The number of nitrogens with one attached hydrogen (secondary N) is 2. The molecule has 0 radical (unpaired) electrons. The second kappa shape index (κ2) is 4.10. The lowest BCUT2D eigenvalue weighted by molar-refractivity contribution is -0.115. The molecule has 0 saturated heterocycles. The molecule has 2 N–H and O–H groups in total. The molecule has 2 rings (SSSR count). The first-order valence-electron chi connectivity index (χ1n) is 5.58. The molecule has 0 aliphatic carbocycles. The van der Waals surface area contributed by atoms with Gasteiger partial charge < -0.3 is 10.6 Å². The Kier molecular flexibility index (Phi) is 2.76. The van der Waals surface area contributed by atoms with Crippen LogP contribution in [0, 0.1) is 16.7 Å². The second-order valence-electron chi connectivity index (χ2n) is 4.95. The molecule has 0 bridgehead atoms. The predicted molar refractivity (Wildman–Crippen MR) is 66.7 cm³/mol. The third-order valence-corrected chi connectivity index (χ3v) is 2.77. The van der Waals surface area contributed by atoms with Gasteiger partial charge in [-0.15, -0.1) is 0 Å². The number of nitriles is 1. The van der Waals surface area contributed by atoms with Gasteiger partial charge in [-0.25, -0.2) is 0 Å². The SMILES string of the molecule is CC(C)(C#N)CNc1ccc2c(c1)CC(=O)N2. The third kappa shape index (κ3) is 2.56. The molecule has 1 heterocycles. The van der Waals surface area contributed by atoms with Gasteiger partial charge in [-0.3, -0.25) is 4.79 Å². The fourth-order valence-corrected chi connectivity index (χ4v) is 1.70. The number of rotatable bonds is 3. The molecule has 1 aromatic rings. The van der Waals surface area contributed by atoms with Gasteiger partial charge in [0, 0.05) is 17.9 Å². The van der Waals surface area contributed by atoms with Gasteiger partial charge in [-0.1, -0.05) is 0 Å². The van der Waals surface area contributed by atoms with Crippen molar-refractivity contribution < 1.29 is 4.79 Å². The molecular formula is C13H15N3O. The average Bonchev–Trinajstić information content (AvgIpc) is 2.66. The smallest absolute Gasteiger partial charge is 0.228 e. The summed E-state index contributed by atoms with van der Waals surface area (Å²) in [5, 5.41) is 14.9. The maximum absolute atomic E-state index is 11.2. The Labute approximate surface area is 101 Å². The number of carbonyl (C=O) groups excluding carboxylic acids is 1. The van der Waals surface area contributed by atoms with E-state index in [1.165, 1.54) is 0 Å². The highest BCUT2D eigenvalue weighted by Gasteiger charge is 2.19. The van der Waals surface area contributed by atoms with Gasteiger partial charge in [0.2, 0.25) is 5.91 Å². The minimum atomic E-state index is -0.396. The van der Waals surface area contributed by atoms with E-state index in [0.29, 0.717) is 13.0 Å². The summed E-state index contributed by atoms with van der Waals surface area (Å²) in [4.78, 5) is 11.2. The molecule has 0 aromatic heterocycles. The van der Waals surface area contributed by atoms with Crippen LogP contribution in [-0.2, 0) is 11.2 Å². The van der Waals surface area contributed by atoms with Crippen molar-refractivity contribution in [3.8, 4) is 6.07 Å². The first-order chi connectivity index (χ1) is 8.00. The van der Waals surface area contributed by atoms with Crippen LogP contribution in [0.4, 0.5) is 11.4 Å². The molecular weight excluding hydrogens is 214 g/mol. The van der Waals surface area contributed by atoms with Crippen LogP contribution in [0.15, 0.2) is 18.2 Å². The maximum Gasteiger partial charge on any atom is 0.228 e. The lowest BCUT2D eigenvalue weighted by Crippen LogP contribution is -2.20. The number of amides is 1. The topological polar surface area (TPSA) is 64.9 Å². The van der Waals surface area contributed by atoms with E-state index < -0.39 is 5.41 Å². The Morgan fingerprint density at radius 1 is 1.53 bits per heavy atom. The zero-order chi connectivity index (χ0) is 12.5. The average molecular weight is 229 g/mol.